The van der Waals surface area contributed by atoms with Crippen LogP contribution in [0.5, 0.6) is 0 Å². The summed E-state index contributed by atoms with van der Waals surface area (Å²) < 4.78 is 0. The van der Waals surface area contributed by atoms with Crippen molar-refractivity contribution in [3.63, 3.8) is 0 Å². The fourth-order valence-electron chi connectivity index (χ4n) is 1.65. The molecule has 1 atom stereocenters. The first-order valence-corrected chi connectivity index (χ1v) is 4.41. The van der Waals surface area contributed by atoms with Gasteiger partial charge in [0.25, 0.3) is 0 Å². The molecule has 0 N–H and O–H groups in total. The molecule has 1 heterocycles. The van der Waals surface area contributed by atoms with Crippen molar-refractivity contribution in [1.29, 1.82) is 0 Å². The van der Waals surface area contributed by atoms with Crippen molar-refractivity contribution in [2.75, 3.05) is 19.6 Å². The van der Waals surface area contributed by atoms with E-state index in [0.29, 0.717) is 5.92 Å². The van der Waals surface area contributed by atoms with Crippen LogP contribution < -0.4 is 0 Å². The van der Waals surface area contributed by atoms with Crippen molar-refractivity contribution in [3.05, 3.63) is 0 Å². The van der Waals surface area contributed by atoms with Gasteiger partial charge in [-0.15, -0.1) is 12.3 Å². The predicted molar refractivity (Wildman–Crippen MR) is 48.2 cm³/mol. The zero-order valence-electron chi connectivity index (χ0n) is 7.51. The van der Waals surface area contributed by atoms with Crippen LogP contribution in [0.15, 0.2) is 0 Å². The van der Waals surface area contributed by atoms with Crippen LogP contribution in [0.2, 0.25) is 0 Å². The van der Waals surface area contributed by atoms with Gasteiger partial charge in [0.15, 0.2) is 0 Å². The molecule has 11 heavy (non-hydrogen) atoms. The summed E-state index contributed by atoms with van der Waals surface area (Å²) in [7, 11) is 0. The van der Waals surface area contributed by atoms with Crippen LogP contribution in [-0.4, -0.2) is 24.5 Å². The van der Waals surface area contributed by atoms with Crippen molar-refractivity contribution in [2.24, 2.45) is 11.8 Å². The first-order chi connectivity index (χ1) is 5.22. The van der Waals surface area contributed by atoms with Crippen molar-refractivity contribution in [1.82, 2.24) is 4.90 Å². The number of hydrogen-bond acceptors (Lipinski definition) is 1. The highest BCUT2D eigenvalue weighted by atomic mass is 15.1. The van der Waals surface area contributed by atoms with Gasteiger partial charge in [0.2, 0.25) is 0 Å². The van der Waals surface area contributed by atoms with E-state index in [1.807, 2.05) is 0 Å². The topological polar surface area (TPSA) is 3.24 Å². The Morgan fingerprint density at radius 3 is 2.82 bits per heavy atom. The Bertz CT molecular complexity index is 155. The van der Waals surface area contributed by atoms with E-state index in [1.54, 1.807) is 0 Å². The number of terminal acetylenes is 1. The molecule has 1 nitrogen and oxygen atoms in total. The lowest BCUT2D eigenvalue weighted by Crippen LogP contribution is -2.24. The third kappa shape index (κ3) is 2.55. The minimum atomic E-state index is 0.522. The van der Waals surface area contributed by atoms with Crippen LogP contribution in [0.25, 0.3) is 0 Å². The normalized spacial score (nSPS) is 25.8. The molecule has 0 saturated carbocycles. The Labute approximate surface area is 69.8 Å². The number of hydrogen-bond donors (Lipinski definition) is 0. The molecule has 0 radical (unpaired) electrons. The Hall–Kier alpha value is -0.480. The van der Waals surface area contributed by atoms with Crippen molar-refractivity contribution in [2.45, 2.75) is 20.3 Å². The summed E-state index contributed by atoms with van der Waals surface area (Å²) >= 11 is 0. The maximum Gasteiger partial charge on any atom is 0.0339 e. The van der Waals surface area contributed by atoms with Gasteiger partial charge in [-0.05, 0) is 18.9 Å². The molecule has 0 aliphatic carbocycles. The summed E-state index contributed by atoms with van der Waals surface area (Å²) in [5.41, 5.74) is 0. The fraction of sp³-hybridized carbons (Fsp3) is 0.800. The lowest BCUT2D eigenvalue weighted by molar-refractivity contribution is 0.293. The largest absolute Gasteiger partial charge is 0.302 e. The summed E-state index contributed by atoms with van der Waals surface area (Å²) in [6.07, 6.45) is 6.55. The van der Waals surface area contributed by atoms with Gasteiger partial charge >= 0.3 is 0 Å². The van der Waals surface area contributed by atoms with Crippen LogP contribution in [0.4, 0.5) is 0 Å². The van der Waals surface area contributed by atoms with E-state index >= 15 is 0 Å². The molecular weight excluding hydrogens is 134 g/mol. The van der Waals surface area contributed by atoms with E-state index in [0.717, 1.165) is 12.5 Å². The van der Waals surface area contributed by atoms with E-state index in [-0.39, 0.29) is 0 Å². The molecule has 0 spiro atoms. The molecule has 1 aliphatic rings. The van der Waals surface area contributed by atoms with Gasteiger partial charge in [-0.25, -0.2) is 0 Å². The van der Waals surface area contributed by atoms with Crippen LogP contribution >= 0.6 is 0 Å². The highest BCUT2D eigenvalue weighted by Crippen LogP contribution is 2.15. The molecular formula is C10H17N. The van der Waals surface area contributed by atoms with Gasteiger partial charge in [0.1, 0.15) is 0 Å². The van der Waals surface area contributed by atoms with Crippen molar-refractivity contribution >= 4 is 0 Å². The highest BCUT2D eigenvalue weighted by molar-refractivity contribution is 4.97. The third-order valence-corrected chi connectivity index (χ3v) is 2.13. The minimum absolute atomic E-state index is 0.522. The van der Waals surface area contributed by atoms with Gasteiger partial charge in [0.05, 0.1) is 0 Å². The Kier molecular flexibility index (Phi) is 2.96. The second-order valence-corrected chi connectivity index (χ2v) is 3.81. The number of likely N-dealkylation sites (tertiary alicyclic amines) is 1. The first kappa shape index (κ1) is 8.62. The van der Waals surface area contributed by atoms with Crippen LogP contribution in [0.1, 0.15) is 20.3 Å². The van der Waals surface area contributed by atoms with Gasteiger partial charge in [-0.1, -0.05) is 13.8 Å². The molecule has 0 bridgehead atoms. The summed E-state index contributed by atoms with van der Waals surface area (Å²) in [6.45, 7) is 8.03. The van der Waals surface area contributed by atoms with E-state index in [2.05, 4.69) is 24.7 Å². The summed E-state index contributed by atoms with van der Waals surface area (Å²) in [4.78, 5) is 2.47. The van der Waals surface area contributed by atoms with E-state index < -0.39 is 0 Å². The average Bonchev–Trinajstić information content (AvgIpc) is 2.34. The van der Waals surface area contributed by atoms with Crippen LogP contribution in [0.3, 0.4) is 0 Å². The highest BCUT2D eigenvalue weighted by Gasteiger charge is 2.20. The molecule has 1 aliphatic heterocycles. The fourth-order valence-corrected chi connectivity index (χ4v) is 1.65. The van der Waals surface area contributed by atoms with Gasteiger partial charge in [-0.2, -0.15) is 0 Å². The summed E-state index contributed by atoms with van der Waals surface area (Å²) in [6, 6.07) is 0. The van der Waals surface area contributed by atoms with Gasteiger partial charge < -0.3 is 4.90 Å². The molecule has 0 amide bonds. The van der Waals surface area contributed by atoms with E-state index in [4.69, 9.17) is 6.42 Å². The van der Waals surface area contributed by atoms with Crippen LogP contribution in [0, 0.1) is 24.2 Å². The minimum Gasteiger partial charge on any atom is -0.302 e. The molecule has 1 rings (SSSR count). The molecule has 1 fully saturated rings. The molecule has 62 valence electrons. The Morgan fingerprint density at radius 2 is 2.36 bits per heavy atom. The Morgan fingerprint density at radius 1 is 1.64 bits per heavy atom. The molecule has 1 unspecified atom stereocenters. The molecule has 0 aromatic rings. The predicted octanol–water partition coefficient (Wildman–Crippen LogP) is 1.60. The lowest BCUT2D eigenvalue weighted by atomic mass is 10.1. The smallest absolute Gasteiger partial charge is 0.0339 e. The summed E-state index contributed by atoms with van der Waals surface area (Å²) in [5, 5.41) is 0. The standard InChI is InChI=1S/C10H17N/c1-4-10-5-6-11(8-10)7-9(2)3/h1,9-10H,5-8H2,2-3H3. The monoisotopic (exact) mass is 151 g/mol. The molecule has 1 heteroatoms. The van der Waals surface area contributed by atoms with Crippen molar-refractivity contribution < 1.29 is 0 Å². The Balaban J connectivity index is 2.26. The van der Waals surface area contributed by atoms with E-state index in [1.165, 1.54) is 19.5 Å². The second kappa shape index (κ2) is 3.78. The SMILES string of the molecule is C#CC1CCN(CC(C)C)C1. The van der Waals surface area contributed by atoms with E-state index in [9.17, 15) is 0 Å². The van der Waals surface area contributed by atoms with Gasteiger partial charge in [0, 0.05) is 19.0 Å². The molecule has 0 aromatic heterocycles. The maximum atomic E-state index is 5.35. The lowest BCUT2D eigenvalue weighted by Gasteiger charge is -2.16. The average molecular weight is 151 g/mol. The van der Waals surface area contributed by atoms with Crippen LogP contribution in [-0.2, 0) is 0 Å². The quantitative estimate of drug-likeness (QED) is 0.542. The zero-order valence-corrected chi connectivity index (χ0v) is 7.51. The third-order valence-electron chi connectivity index (χ3n) is 2.13. The van der Waals surface area contributed by atoms with Gasteiger partial charge in [-0.3, -0.25) is 0 Å². The second-order valence-electron chi connectivity index (χ2n) is 3.81. The number of rotatable bonds is 2. The molecule has 1 saturated heterocycles. The van der Waals surface area contributed by atoms with Crippen molar-refractivity contribution in [3.8, 4) is 12.3 Å². The summed E-state index contributed by atoms with van der Waals surface area (Å²) in [5.74, 6) is 4.12. The molecule has 0 aromatic carbocycles. The first-order valence-electron chi connectivity index (χ1n) is 4.41. The maximum absolute atomic E-state index is 5.35. The zero-order chi connectivity index (χ0) is 8.27. The number of nitrogens with zero attached hydrogens (tertiary/aromatic N) is 1.